The number of ether oxygens (including phenoxy) is 2. The summed E-state index contributed by atoms with van der Waals surface area (Å²) in [7, 11) is 1.61. The third-order valence-electron chi connectivity index (χ3n) is 3.82. The second-order valence-corrected chi connectivity index (χ2v) is 5.47. The highest BCUT2D eigenvalue weighted by atomic mass is 16.5. The van der Waals surface area contributed by atoms with Crippen LogP contribution in [0.25, 0.3) is 0 Å². The molecule has 4 heteroatoms. The monoisotopic (exact) mass is 297 g/mol. The van der Waals surface area contributed by atoms with E-state index < -0.39 is 6.10 Å². The summed E-state index contributed by atoms with van der Waals surface area (Å²) >= 11 is 0. The molecule has 0 aliphatic carbocycles. The maximum atomic E-state index is 12.3. The first-order valence-corrected chi connectivity index (χ1v) is 7.37. The Morgan fingerprint density at radius 2 is 2.00 bits per heavy atom. The second kappa shape index (κ2) is 6.10. The third-order valence-corrected chi connectivity index (χ3v) is 3.82. The van der Waals surface area contributed by atoms with Crippen LogP contribution in [0.15, 0.2) is 42.5 Å². The quantitative estimate of drug-likeness (QED) is 0.945. The number of carbonyl (C=O) groups is 1. The Morgan fingerprint density at radius 3 is 2.73 bits per heavy atom. The van der Waals surface area contributed by atoms with Crippen LogP contribution in [0.1, 0.15) is 17.5 Å². The van der Waals surface area contributed by atoms with Gasteiger partial charge in [0.2, 0.25) is 0 Å². The van der Waals surface area contributed by atoms with E-state index in [-0.39, 0.29) is 5.91 Å². The Kier molecular flexibility index (Phi) is 4.00. The lowest BCUT2D eigenvalue weighted by Crippen LogP contribution is -2.35. The molecule has 2 aromatic rings. The number of rotatable bonds is 3. The molecule has 22 heavy (non-hydrogen) atoms. The number of benzene rings is 2. The summed E-state index contributed by atoms with van der Waals surface area (Å²) in [5.74, 6) is 1.47. The van der Waals surface area contributed by atoms with Gasteiger partial charge in [-0.2, -0.15) is 0 Å². The molecule has 1 atom stereocenters. The lowest BCUT2D eigenvalue weighted by atomic mass is 10.0. The number of carbonyl (C=O) groups excluding carboxylic acids is 1. The first-order chi connectivity index (χ1) is 10.7. The predicted molar refractivity (Wildman–Crippen MR) is 85.5 cm³/mol. The normalized spacial score (nSPS) is 16.4. The van der Waals surface area contributed by atoms with Crippen molar-refractivity contribution in [2.45, 2.75) is 25.9 Å². The molecule has 1 aliphatic rings. The van der Waals surface area contributed by atoms with Gasteiger partial charge in [0.15, 0.2) is 6.10 Å². The molecule has 0 fully saturated rings. The molecule has 114 valence electrons. The molecule has 0 radical (unpaired) electrons. The van der Waals surface area contributed by atoms with E-state index >= 15 is 0 Å². The summed E-state index contributed by atoms with van der Waals surface area (Å²) < 4.78 is 11.0. The van der Waals surface area contributed by atoms with E-state index in [1.165, 1.54) is 5.56 Å². The lowest BCUT2D eigenvalue weighted by Gasteiger charge is -2.25. The van der Waals surface area contributed by atoms with Crippen molar-refractivity contribution >= 4 is 11.6 Å². The van der Waals surface area contributed by atoms with Gasteiger partial charge in [0.25, 0.3) is 5.91 Å². The van der Waals surface area contributed by atoms with Crippen molar-refractivity contribution in [2.24, 2.45) is 0 Å². The Labute approximate surface area is 130 Å². The zero-order valence-corrected chi connectivity index (χ0v) is 12.8. The Bertz CT molecular complexity index is 679. The Morgan fingerprint density at radius 1 is 1.23 bits per heavy atom. The number of nitrogens with one attached hydrogen (secondary N) is 1. The summed E-state index contributed by atoms with van der Waals surface area (Å²) in [6.45, 7) is 2.02. The van der Waals surface area contributed by atoms with E-state index in [4.69, 9.17) is 9.47 Å². The van der Waals surface area contributed by atoms with Crippen LogP contribution in [0.4, 0.5) is 5.69 Å². The molecule has 3 rings (SSSR count). The average molecular weight is 297 g/mol. The van der Waals surface area contributed by atoms with Crippen LogP contribution in [0.2, 0.25) is 0 Å². The highest BCUT2D eigenvalue weighted by Crippen LogP contribution is 2.29. The molecule has 1 aliphatic heterocycles. The minimum Gasteiger partial charge on any atom is -0.497 e. The SMILES string of the molecule is COc1ccc(NC(=O)C2CCc3ccc(C)cc3O2)cc1. The van der Waals surface area contributed by atoms with Crippen LogP contribution in [0.5, 0.6) is 11.5 Å². The van der Waals surface area contributed by atoms with Gasteiger partial charge in [0.05, 0.1) is 7.11 Å². The van der Waals surface area contributed by atoms with Crippen LogP contribution < -0.4 is 14.8 Å². The van der Waals surface area contributed by atoms with Crippen molar-refractivity contribution in [1.29, 1.82) is 0 Å². The van der Waals surface area contributed by atoms with Crippen LogP contribution in [-0.4, -0.2) is 19.1 Å². The van der Waals surface area contributed by atoms with Crippen LogP contribution in [0.3, 0.4) is 0 Å². The topological polar surface area (TPSA) is 47.6 Å². The van der Waals surface area contributed by atoms with Gasteiger partial charge < -0.3 is 14.8 Å². The fourth-order valence-electron chi connectivity index (χ4n) is 2.56. The van der Waals surface area contributed by atoms with Crippen molar-refractivity contribution in [1.82, 2.24) is 0 Å². The molecule has 0 saturated heterocycles. The van der Waals surface area contributed by atoms with E-state index in [9.17, 15) is 4.79 Å². The van der Waals surface area contributed by atoms with Gasteiger partial charge in [-0.05, 0) is 61.2 Å². The van der Waals surface area contributed by atoms with Gasteiger partial charge >= 0.3 is 0 Å². The predicted octanol–water partition coefficient (Wildman–Crippen LogP) is 3.34. The van der Waals surface area contributed by atoms with Gasteiger partial charge in [-0.25, -0.2) is 0 Å². The molecule has 1 unspecified atom stereocenters. The molecule has 0 aromatic heterocycles. The third kappa shape index (κ3) is 3.06. The molecule has 0 spiro atoms. The van der Waals surface area contributed by atoms with Crippen molar-refractivity contribution < 1.29 is 14.3 Å². The number of hydrogen-bond donors (Lipinski definition) is 1. The van der Waals surface area contributed by atoms with E-state index in [1.807, 2.05) is 37.3 Å². The molecule has 1 heterocycles. The number of fused-ring (bicyclic) bond motifs is 1. The van der Waals surface area contributed by atoms with E-state index in [2.05, 4.69) is 17.4 Å². The van der Waals surface area contributed by atoms with Gasteiger partial charge in [-0.3, -0.25) is 4.79 Å². The van der Waals surface area contributed by atoms with E-state index in [1.54, 1.807) is 7.11 Å². The fraction of sp³-hybridized carbons (Fsp3) is 0.278. The number of methoxy groups -OCH3 is 1. The minimum atomic E-state index is -0.448. The van der Waals surface area contributed by atoms with Gasteiger partial charge in [-0.1, -0.05) is 12.1 Å². The Balaban J connectivity index is 1.68. The number of aryl methyl sites for hydroxylation is 2. The van der Waals surface area contributed by atoms with Crippen molar-refractivity contribution in [2.75, 3.05) is 12.4 Å². The molecular weight excluding hydrogens is 278 g/mol. The summed E-state index contributed by atoms with van der Waals surface area (Å²) in [6.07, 6.45) is 1.10. The highest BCUT2D eigenvalue weighted by molar-refractivity contribution is 5.94. The molecule has 1 amide bonds. The maximum Gasteiger partial charge on any atom is 0.265 e. The van der Waals surface area contributed by atoms with Crippen molar-refractivity contribution in [3.63, 3.8) is 0 Å². The van der Waals surface area contributed by atoms with Crippen molar-refractivity contribution in [3.05, 3.63) is 53.6 Å². The lowest BCUT2D eigenvalue weighted by molar-refractivity contribution is -0.123. The summed E-state index contributed by atoms with van der Waals surface area (Å²) in [4.78, 5) is 12.3. The largest absolute Gasteiger partial charge is 0.497 e. The van der Waals surface area contributed by atoms with Gasteiger partial charge in [0.1, 0.15) is 11.5 Å². The molecule has 0 bridgehead atoms. The van der Waals surface area contributed by atoms with Crippen LogP contribution >= 0.6 is 0 Å². The van der Waals surface area contributed by atoms with Gasteiger partial charge in [-0.15, -0.1) is 0 Å². The Hall–Kier alpha value is -2.49. The van der Waals surface area contributed by atoms with Crippen molar-refractivity contribution in [3.8, 4) is 11.5 Å². The molecule has 4 nitrogen and oxygen atoms in total. The number of anilines is 1. The first kappa shape index (κ1) is 14.4. The molecular formula is C18H19NO3. The first-order valence-electron chi connectivity index (χ1n) is 7.37. The molecule has 0 saturated carbocycles. The summed E-state index contributed by atoms with van der Waals surface area (Å²) in [6, 6.07) is 13.4. The van der Waals surface area contributed by atoms with Crippen LogP contribution in [-0.2, 0) is 11.2 Å². The second-order valence-electron chi connectivity index (χ2n) is 5.47. The van der Waals surface area contributed by atoms with E-state index in [0.717, 1.165) is 29.2 Å². The fourth-order valence-corrected chi connectivity index (χ4v) is 2.56. The summed E-state index contributed by atoms with van der Waals surface area (Å²) in [5, 5.41) is 2.89. The molecule has 2 aromatic carbocycles. The van der Waals surface area contributed by atoms with Gasteiger partial charge in [0, 0.05) is 5.69 Å². The number of hydrogen-bond acceptors (Lipinski definition) is 3. The smallest absolute Gasteiger partial charge is 0.265 e. The zero-order chi connectivity index (χ0) is 15.5. The minimum absolute atomic E-state index is 0.114. The van der Waals surface area contributed by atoms with Crippen LogP contribution in [0, 0.1) is 6.92 Å². The highest BCUT2D eigenvalue weighted by Gasteiger charge is 2.26. The average Bonchev–Trinajstić information content (AvgIpc) is 2.54. The zero-order valence-electron chi connectivity index (χ0n) is 12.8. The number of amides is 1. The molecule has 1 N–H and O–H groups in total. The standard InChI is InChI=1S/C18H19NO3/c1-12-3-4-13-5-10-16(22-17(13)11-12)18(20)19-14-6-8-15(21-2)9-7-14/h3-4,6-9,11,16H,5,10H2,1-2H3,(H,19,20). The summed E-state index contributed by atoms with van der Waals surface area (Å²) in [5.41, 5.74) is 3.04. The maximum absolute atomic E-state index is 12.3. The van der Waals surface area contributed by atoms with E-state index in [0.29, 0.717) is 6.42 Å².